The summed E-state index contributed by atoms with van der Waals surface area (Å²) in [6, 6.07) is 4.49. The molecular formula is C14H13F3N2O4. The Labute approximate surface area is 129 Å². The zero-order chi connectivity index (χ0) is 17.3. The third-order valence-corrected chi connectivity index (χ3v) is 3.73. The number of rotatable bonds is 5. The Bertz CT molecular complexity index is 649. The van der Waals surface area contributed by atoms with E-state index in [-0.39, 0.29) is 36.2 Å². The molecule has 6 nitrogen and oxygen atoms in total. The van der Waals surface area contributed by atoms with Crippen LogP contribution in [0.2, 0.25) is 0 Å². The molecule has 0 aromatic heterocycles. The van der Waals surface area contributed by atoms with Gasteiger partial charge in [0.15, 0.2) is 0 Å². The number of carbonyl (C=O) groups is 1. The van der Waals surface area contributed by atoms with Gasteiger partial charge in [0, 0.05) is 12.1 Å². The number of nitro groups is 1. The van der Waals surface area contributed by atoms with E-state index in [0.29, 0.717) is 0 Å². The van der Waals surface area contributed by atoms with Gasteiger partial charge in [-0.3, -0.25) is 10.1 Å². The summed E-state index contributed by atoms with van der Waals surface area (Å²) in [6.45, 7) is 1.50. The molecule has 0 N–H and O–H groups in total. The largest absolute Gasteiger partial charge is 0.399 e. The maximum absolute atomic E-state index is 13.0. The molecule has 23 heavy (non-hydrogen) atoms. The fraction of sp³-hybridized carbons (Fsp3) is 0.429. The van der Waals surface area contributed by atoms with Crippen LogP contribution in [0.15, 0.2) is 29.4 Å². The summed E-state index contributed by atoms with van der Waals surface area (Å²) in [4.78, 5) is 26.2. The second kappa shape index (κ2) is 5.98. The van der Waals surface area contributed by atoms with Crippen LogP contribution >= 0.6 is 0 Å². The van der Waals surface area contributed by atoms with Crippen LogP contribution in [0.1, 0.15) is 36.5 Å². The van der Waals surface area contributed by atoms with Crippen molar-refractivity contribution in [2.24, 2.45) is 10.6 Å². The normalized spacial score (nSPS) is 16.8. The summed E-state index contributed by atoms with van der Waals surface area (Å²) in [5, 5.41) is 13.9. The van der Waals surface area contributed by atoms with Crippen LogP contribution < -0.4 is 0 Å². The molecule has 0 bridgehead atoms. The first-order valence-electron chi connectivity index (χ1n) is 6.81. The Balaban J connectivity index is 2.12. The summed E-state index contributed by atoms with van der Waals surface area (Å²) in [5.41, 5.74) is -2.46. The number of nitrogens with zero attached hydrogens (tertiary/aromatic N) is 2. The van der Waals surface area contributed by atoms with Crippen LogP contribution in [-0.4, -0.2) is 22.8 Å². The first-order valence-corrected chi connectivity index (χ1v) is 6.81. The number of hydrogen-bond donors (Lipinski definition) is 0. The summed E-state index contributed by atoms with van der Waals surface area (Å²) < 4.78 is 39.0. The van der Waals surface area contributed by atoms with E-state index >= 15 is 0 Å². The lowest BCUT2D eigenvalue weighted by Crippen LogP contribution is -2.32. The number of carbonyl (C=O) groups excluding carboxylic acids is 1. The SMILES string of the molecule is CC/C(=N\OC(=O)c1ccc([N+](=O)[O-])cc1)C1(C(F)(F)F)CC1. The molecule has 1 aliphatic rings. The Kier molecular flexibility index (Phi) is 4.39. The summed E-state index contributed by atoms with van der Waals surface area (Å²) >= 11 is 0. The molecule has 0 saturated heterocycles. The average molecular weight is 330 g/mol. The first-order chi connectivity index (χ1) is 10.7. The van der Waals surface area contributed by atoms with E-state index in [1.165, 1.54) is 6.92 Å². The van der Waals surface area contributed by atoms with Crippen LogP contribution in [0, 0.1) is 15.5 Å². The molecule has 0 unspecified atom stereocenters. The van der Waals surface area contributed by atoms with E-state index in [9.17, 15) is 28.1 Å². The van der Waals surface area contributed by atoms with Gasteiger partial charge in [-0.2, -0.15) is 13.2 Å². The van der Waals surface area contributed by atoms with Gasteiger partial charge in [0.05, 0.1) is 16.2 Å². The highest BCUT2D eigenvalue weighted by molar-refractivity contribution is 5.94. The van der Waals surface area contributed by atoms with E-state index in [4.69, 9.17) is 0 Å². The second-order valence-electron chi connectivity index (χ2n) is 5.15. The molecule has 2 rings (SSSR count). The molecule has 0 amide bonds. The van der Waals surface area contributed by atoms with Gasteiger partial charge in [-0.15, -0.1) is 0 Å². The summed E-state index contributed by atoms with van der Waals surface area (Å²) in [5.74, 6) is -0.969. The van der Waals surface area contributed by atoms with Crippen molar-refractivity contribution < 1.29 is 27.7 Å². The molecule has 0 atom stereocenters. The fourth-order valence-corrected chi connectivity index (χ4v) is 2.22. The molecule has 9 heteroatoms. The molecule has 1 aromatic carbocycles. The van der Waals surface area contributed by atoms with Gasteiger partial charge in [-0.05, 0) is 31.4 Å². The van der Waals surface area contributed by atoms with E-state index in [1.807, 2.05) is 0 Å². The number of alkyl halides is 3. The molecule has 1 aliphatic carbocycles. The van der Waals surface area contributed by atoms with E-state index in [1.54, 1.807) is 0 Å². The maximum atomic E-state index is 13.0. The standard InChI is InChI=1S/C14H13F3N2O4/c1-2-11(13(7-8-13)14(15,16)17)18-23-12(20)9-3-5-10(6-4-9)19(21)22/h3-6H,2,7-8H2,1H3/b18-11+. The molecule has 0 aliphatic heterocycles. The Morgan fingerprint density at radius 1 is 1.35 bits per heavy atom. The van der Waals surface area contributed by atoms with Crippen LogP contribution in [0.4, 0.5) is 18.9 Å². The van der Waals surface area contributed by atoms with Crippen LogP contribution in [0.3, 0.4) is 0 Å². The number of hydrogen-bond acceptors (Lipinski definition) is 5. The van der Waals surface area contributed by atoms with Gasteiger partial charge < -0.3 is 4.84 Å². The fourth-order valence-electron chi connectivity index (χ4n) is 2.22. The maximum Gasteiger partial charge on any atom is 0.399 e. The summed E-state index contributed by atoms with van der Waals surface area (Å²) in [7, 11) is 0. The Morgan fingerprint density at radius 2 is 1.91 bits per heavy atom. The number of halogens is 3. The molecule has 124 valence electrons. The molecule has 1 saturated carbocycles. The highest BCUT2D eigenvalue weighted by Gasteiger charge is 2.66. The minimum Gasteiger partial charge on any atom is -0.313 e. The van der Waals surface area contributed by atoms with Crippen molar-refractivity contribution in [3.8, 4) is 0 Å². The van der Waals surface area contributed by atoms with E-state index in [0.717, 1.165) is 24.3 Å². The van der Waals surface area contributed by atoms with Gasteiger partial charge >= 0.3 is 12.1 Å². The van der Waals surface area contributed by atoms with Crippen molar-refractivity contribution in [2.45, 2.75) is 32.4 Å². The molecule has 0 heterocycles. The van der Waals surface area contributed by atoms with Gasteiger partial charge in [-0.25, -0.2) is 4.79 Å². The first kappa shape index (κ1) is 16.9. The van der Waals surface area contributed by atoms with Crippen LogP contribution in [0.5, 0.6) is 0 Å². The predicted molar refractivity (Wildman–Crippen MR) is 74.0 cm³/mol. The van der Waals surface area contributed by atoms with Crippen molar-refractivity contribution in [2.75, 3.05) is 0 Å². The van der Waals surface area contributed by atoms with Crippen molar-refractivity contribution >= 4 is 17.4 Å². The van der Waals surface area contributed by atoms with E-state index in [2.05, 4.69) is 9.99 Å². The molecular weight excluding hydrogens is 317 g/mol. The quantitative estimate of drug-likeness (QED) is 0.355. The summed E-state index contributed by atoms with van der Waals surface area (Å²) in [6.07, 6.45) is -4.56. The van der Waals surface area contributed by atoms with Crippen molar-refractivity contribution in [3.63, 3.8) is 0 Å². The molecule has 0 spiro atoms. The molecule has 1 fully saturated rings. The third-order valence-electron chi connectivity index (χ3n) is 3.73. The van der Waals surface area contributed by atoms with Gasteiger partial charge in [0.1, 0.15) is 5.41 Å². The highest BCUT2D eigenvalue weighted by atomic mass is 19.4. The molecule has 0 radical (unpaired) electrons. The van der Waals surface area contributed by atoms with Crippen LogP contribution in [-0.2, 0) is 4.84 Å². The second-order valence-corrected chi connectivity index (χ2v) is 5.15. The van der Waals surface area contributed by atoms with Gasteiger partial charge in [-0.1, -0.05) is 12.1 Å². The van der Waals surface area contributed by atoms with Crippen LogP contribution in [0.25, 0.3) is 0 Å². The number of nitro benzene ring substituents is 1. The average Bonchev–Trinajstić information content (AvgIpc) is 3.29. The van der Waals surface area contributed by atoms with Gasteiger partial charge in [0.2, 0.25) is 0 Å². The zero-order valence-electron chi connectivity index (χ0n) is 12.1. The lowest BCUT2D eigenvalue weighted by atomic mass is 9.97. The number of oxime groups is 1. The Morgan fingerprint density at radius 3 is 2.30 bits per heavy atom. The van der Waals surface area contributed by atoms with E-state index < -0.39 is 22.5 Å². The zero-order valence-corrected chi connectivity index (χ0v) is 12.1. The molecule has 1 aromatic rings. The third kappa shape index (κ3) is 3.33. The topological polar surface area (TPSA) is 81.8 Å². The number of non-ortho nitro benzene ring substituents is 1. The monoisotopic (exact) mass is 330 g/mol. The minimum absolute atomic E-state index is 0.00700. The smallest absolute Gasteiger partial charge is 0.313 e. The minimum atomic E-state index is -4.43. The lowest BCUT2D eigenvalue weighted by Gasteiger charge is -2.19. The van der Waals surface area contributed by atoms with Crippen molar-refractivity contribution in [1.82, 2.24) is 0 Å². The van der Waals surface area contributed by atoms with Gasteiger partial charge in [0.25, 0.3) is 5.69 Å². The Hall–Kier alpha value is -2.45. The van der Waals surface area contributed by atoms with Crippen molar-refractivity contribution in [1.29, 1.82) is 0 Å². The van der Waals surface area contributed by atoms with Crippen molar-refractivity contribution in [3.05, 3.63) is 39.9 Å². The lowest BCUT2D eigenvalue weighted by molar-refractivity contribution is -0.384. The number of benzene rings is 1. The highest BCUT2D eigenvalue weighted by Crippen LogP contribution is 2.59. The predicted octanol–water partition coefficient (Wildman–Crippen LogP) is 3.86.